The van der Waals surface area contributed by atoms with Crippen LogP contribution >= 0.6 is 0 Å². The fourth-order valence-corrected chi connectivity index (χ4v) is 6.22. The maximum Gasteiger partial charge on any atom is 0.326 e. The van der Waals surface area contributed by atoms with Crippen LogP contribution in [0.15, 0.2) is 60.7 Å². The maximum absolute atomic E-state index is 14.1. The van der Waals surface area contributed by atoms with Crippen LogP contribution in [0.1, 0.15) is 106 Å². The van der Waals surface area contributed by atoms with Crippen LogP contribution < -0.4 is 20.9 Å². The van der Waals surface area contributed by atoms with E-state index in [0.717, 1.165) is 18.4 Å². The molecule has 4 aromatic rings. The highest BCUT2D eigenvalue weighted by atomic mass is 16.2. The monoisotopic (exact) mass is 620 g/mol. The third-order valence-electron chi connectivity index (χ3n) is 8.69. The number of carbonyl (C=O) groups is 4. The van der Waals surface area contributed by atoms with E-state index in [1.807, 2.05) is 19.1 Å². The van der Waals surface area contributed by atoms with Gasteiger partial charge in [0.25, 0.3) is 23.7 Å². The first kappa shape index (κ1) is 30.6. The van der Waals surface area contributed by atoms with Gasteiger partial charge in [0.2, 0.25) is 0 Å². The minimum absolute atomic E-state index is 0.0697. The number of benzene rings is 3. The van der Waals surface area contributed by atoms with E-state index in [0.29, 0.717) is 46.0 Å². The Bertz CT molecular complexity index is 1730. The number of hydrogen-bond donors (Lipinski definition) is 4. The number of hydrogen-bond acceptors (Lipinski definition) is 7. The molecule has 12 heteroatoms. The molecule has 1 fully saturated rings. The molecule has 5 amide bonds. The van der Waals surface area contributed by atoms with Gasteiger partial charge in [-0.25, -0.2) is 4.79 Å². The van der Waals surface area contributed by atoms with Crippen molar-refractivity contribution < 1.29 is 19.2 Å². The number of unbranched alkanes of at least 4 members (excludes halogenated alkanes) is 1. The Labute approximate surface area is 266 Å². The van der Waals surface area contributed by atoms with Gasteiger partial charge in [-0.15, -0.1) is 5.10 Å². The molecule has 2 heterocycles. The largest absolute Gasteiger partial charge is 0.326 e. The number of nitrogens with zero attached hydrogens (tertiary/aromatic N) is 4. The summed E-state index contributed by atoms with van der Waals surface area (Å²) in [5, 5.41) is 21.2. The third kappa shape index (κ3) is 6.65. The minimum atomic E-state index is -0.444. The lowest BCUT2D eigenvalue weighted by atomic mass is 9.84. The Morgan fingerprint density at radius 3 is 2.37 bits per heavy atom. The first-order valence-corrected chi connectivity index (χ1v) is 15.7. The molecule has 0 spiro atoms. The number of nitrogens with one attached hydrogen (secondary N) is 4. The molecule has 0 radical (unpaired) electrons. The van der Waals surface area contributed by atoms with Crippen molar-refractivity contribution in [1.82, 2.24) is 25.9 Å². The highest BCUT2D eigenvalue weighted by Gasteiger charge is 2.31. The molecule has 12 nitrogen and oxygen atoms in total. The van der Waals surface area contributed by atoms with Gasteiger partial charge in [-0.2, -0.15) is 5.21 Å². The quantitative estimate of drug-likeness (QED) is 0.159. The van der Waals surface area contributed by atoms with Crippen molar-refractivity contribution in [3.05, 3.63) is 94.0 Å². The summed E-state index contributed by atoms with van der Waals surface area (Å²) < 4.78 is 0. The summed E-state index contributed by atoms with van der Waals surface area (Å²) in [6.07, 6.45) is 8.30. The molecule has 46 heavy (non-hydrogen) atoms. The molecule has 0 bridgehead atoms. The highest BCUT2D eigenvalue weighted by Crippen LogP contribution is 2.34. The van der Waals surface area contributed by atoms with E-state index >= 15 is 0 Å². The molecule has 4 N–H and O–H groups in total. The number of rotatable bonds is 10. The van der Waals surface area contributed by atoms with Crippen LogP contribution in [0.4, 0.5) is 22.1 Å². The smallest absolute Gasteiger partial charge is 0.307 e. The summed E-state index contributed by atoms with van der Waals surface area (Å²) in [6.45, 7) is 2.26. The van der Waals surface area contributed by atoms with Crippen molar-refractivity contribution in [2.75, 3.05) is 15.5 Å². The Kier molecular flexibility index (Phi) is 9.13. The Morgan fingerprint density at radius 2 is 1.67 bits per heavy atom. The van der Waals surface area contributed by atoms with Gasteiger partial charge in [0.05, 0.1) is 17.7 Å². The zero-order valence-corrected chi connectivity index (χ0v) is 25.6. The van der Waals surface area contributed by atoms with E-state index in [4.69, 9.17) is 0 Å². The summed E-state index contributed by atoms with van der Waals surface area (Å²) in [5.74, 6) is -0.664. The predicted octanol–water partition coefficient (Wildman–Crippen LogP) is 5.96. The second-order valence-corrected chi connectivity index (χ2v) is 11.7. The van der Waals surface area contributed by atoms with Gasteiger partial charge < -0.3 is 5.32 Å². The van der Waals surface area contributed by atoms with Crippen molar-refractivity contribution in [2.45, 2.75) is 70.8 Å². The summed E-state index contributed by atoms with van der Waals surface area (Å²) in [4.78, 5) is 53.4. The number of aromatic nitrogens is 4. The minimum Gasteiger partial charge on any atom is -0.307 e. The molecule has 0 unspecified atom stereocenters. The lowest BCUT2D eigenvalue weighted by Crippen LogP contribution is -2.35. The van der Waals surface area contributed by atoms with E-state index in [1.165, 1.54) is 37.7 Å². The van der Waals surface area contributed by atoms with Crippen molar-refractivity contribution in [1.29, 1.82) is 0 Å². The molecule has 236 valence electrons. The van der Waals surface area contributed by atoms with Gasteiger partial charge in [0.15, 0.2) is 0 Å². The number of aromatic amines is 1. The van der Waals surface area contributed by atoms with E-state index in [2.05, 4.69) is 48.7 Å². The summed E-state index contributed by atoms with van der Waals surface area (Å²) in [6, 6.07) is 18.0. The van der Waals surface area contributed by atoms with E-state index in [9.17, 15) is 19.2 Å². The molecular weight excluding hydrogens is 584 g/mol. The van der Waals surface area contributed by atoms with Gasteiger partial charge in [-0.3, -0.25) is 29.9 Å². The SMILES string of the molecule is CCCCc1c(NC(=O)N(Cc2ccc(C(=O)Nc3nn[nH]n3)cc2)c2ccc(C3CCCCC3)cc2)ccc2c1C(=O)NC2=O. The van der Waals surface area contributed by atoms with Gasteiger partial charge in [-0.1, -0.05) is 62.0 Å². The summed E-state index contributed by atoms with van der Waals surface area (Å²) >= 11 is 0. The topological polar surface area (TPSA) is 162 Å². The fraction of sp³-hybridized carbons (Fsp3) is 0.324. The van der Waals surface area contributed by atoms with Crippen molar-refractivity contribution in [3.8, 4) is 0 Å². The zero-order chi connectivity index (χ0) is 32.0. The third-order valence-corrected chi connectivity index (χ3v) is 8.69. The fourth-order valence-electron chi connectivity index (χ4n) is 6.22. The second kappa shape index (κ2) is 13.7. The number of carbonyl (C=O) groups excluding carboxylic acids is 4. The van der Waals surface area contributed by atoms with Gasteiger partial charge in [0.1, 0.15) is 0 Å². The number of imide groups is 1. The lowest BCUT2D eigenvalue weighted by molar-refractivity contribution is 0.0878. The highest BCUT2D eigenvalue weighted by molar-refractivity contribution is 6.23. The first-order valence-electron chi connectivity index (χ1n) is 15.7. The molecule has 1 aromatic heterocycles. The van der Waals surface area contributed by atoms with Crippen molar-refractivity contribution in [2.24, 2.45) is 0 Å². The number of tetrazole rings is 1. The van der Waals surface area contributed by atoms with Gasteiger partial charge >= 0.3 is 6.03 Å². The second-order valence-electron chi connectivity index (χ2n) is 11.7. The molecule has 1 saturated carbocycles. The standard InChI is InChI=1S/C34H36N8O4/c1-2-3-9-26-28(19-18-27-29(26)32(45)36-31(27)44)35-34(46)42(25-16-14-23(15-17-25)22-7-5-4-6-8-22)20-21-10-12-24(13-11-21)30(43)37-33-38-40-41-39-33/h10-19,22H,2-9,20H2,1H3,(H,35,46)(H,36,44,45)(H2,37,38,39,40,41,43). The molecule has 6 rings (SSSR count). The molecule has 1 aliphatic carbocycles. The van der Waals surface area contributed by atoms with E-state index in [-0.39, 0.29) is 24.4 Å². The molecule has 1 aliphatic heterocycles. The van der Waals surface area contributed by atoms with Crippen LogP contribution in [0, 0.1) is 0 Å². The average molecular weight is 621 g/mol. The summed E-state index contributed by atoms with van der Waals surface area (Å²) in [7, 11) is 0. The Morgan fingerprint density at radius 1 is 0.913 bits per heavy atom. The molecule has 0 atom stereocenters. The zero-order valence-electron chi connectivity index (χ0n) is 25.6. The van der Waals surface area contributed by atoms with Crippen molar-refractivity contribution in [3.63, 3.8) is 0 Å². The van der Waals surface area contributed by atoms with Crippen LogP contribution in [0.25, 0.3) is 0 Å². The summed E-state index contributed by atoms with van der Waals surface area (Å²) in [5.41, 5.74) is 4.99. The van der Waals surface area contributed by atoms with Gasteiger partial charge in [-0.05, 0) is 89.9 Å². The van der Waals surface area contributed by atoms with Crippen LogP contribution in [-0.2, 0) is 13.0 Å². The first-order chi connectivity index (χ1) is 22.4. The van der Waals surface area contributed by atoms with Crippen LogP contribution in [-0.4, -0.2) is 44.4 Å². The van der Waals surface area contributed by atoms with Crippen LogP contribution in [0.3, 0.4) is 0 Å². The van der Waals surface area contributed by atoms with Gasteiger partial charge in [0, 0.05) is 16.9 Å². The van der Waals surface area contributed by atoms with E-state index in [1.54, 1.807) is 41.3 Å². The average Bonchev–Trinajstić information content (AvgIpc) is 3.70. The maximum atomic E-state index is 14.1. The molecule has 2 aliphatic rings. The van der Waals surface area contributed by atoms with Crippen molar-refractivity contribution >= 4 is 41.1 Å². The number of urea groups is 1. The van der Waals surface area contributed by atoms with E-state index < -0.39 is 11.8 Å². The number of H-pyrrole nitrogens is 1. The normalized spacial score (nSPS) is 14.5. The van der Waals surface area contributed by atoms with Crippen LogP contribution in [0.2, 0.25) is 0 Å². The number of anilines is 3. The predicted molar refractivity (Wildman–Crippen MR) is 173 cm³/mol. The Balaban J connectivity index is 1.28. The number of amides is 5. The Hall–Kier alpha value is -5.39. The molecular formula is C34H36N8O4. The molecule has 0 saturated heterocycles. The lowest BCUT2D eigenvalue weighted by Gasteiger charge is -2.26. The van der Waals surface area contributed by atoms with Crippen LogP contribution in [0.5, 0.6) is 0 Å². The number of fused-ring (bicyclic) bond motifs is 1. The molecule has 3 aromatic carbocycles.